The highest BCUT2D eigenvalue weighted by molar-refractivity contribution is 5.79. The summed E-state index contributed by atoms with van der Waals surface area (Å²) in [4.78, 5) is 13.6. The summed E-state index contributed by atoms with van der Waals surface area (Å²) >= 11 is 0. The molecule has 1 amide bonds. The van der Waals surface area contributed by atoms with E-state index in [1.807, 2.05) is 0 Å². The number of nitrogens with two attached hydrogens (primary N) is 1. The van der Waals surface area contributed by atoms with Crippen LogP contribution in [-0.2, 0) is 4.79 Å². The van der Waals surface area contributed by atoms with E-state index >= 15 is 0 Å². The molecule has 1 fully saturated rings. The Labute approximate surface area is 92.2 Å². The lowest BCUT2D eigenvalue weighted by molar-refractivity contribution is -0.123. The molecule has 0 radical (unpaired) electrons. The monoisotopic (exact) mass is 213 g/mol. The maximum Gasteiger partial charge on any atom is 0.234 e. The lowest BCUT2D eigenvalue weighted by Gasteiger charge is -2.33. The van der Waals surface area contributed by atoms with E-state index in [0.717, 1.165) is 39.0 Å². The van der Waals surface area contributed by atoms with Crippen LogP contribution in [-0.4, -0.2) is 43.0 Å². The van der Waals surface area contributed by atoms with Crippen LogP contribution in [0.4, 0.5) is 0 Å². The smallest absolute Gasteiger partial charge is 0.234 e. The zero-order valence-electron chi connectivity index (χ0n) is 9.67. The van der Waals surface area contributed by atoms with Crippen LogP contribution in [0.25, 0.3) is 0 Å². The van der Waals surface area contributed by atoms with Crippen molar-refractivity contribution >= 4 is 5.91 Å². The van der Waals surface area contributed by atoms with Gasteiger partial charge < -0.3 is 11.1 Å². The van der Waals surface area contributed by atoms with Crippen molar-refractivity contribution in [3.05, 3.63) is 0 Å². The Morgan fingerprint density at radius 3 is 2.60 bits per heavy atom. The van der Waals surface area contributed by atoms with Crippen molar-refractivity contribution in [2.45, 2.75) is 38.6 Å². The van der Waals surface area contributed by atoms with E-state index in [0.29, 0.717) is 0 Å². The molecule has 0 aromatic carbocycles. The van der Waals surface area contributed by atoms with Crippen molar-refractivity contribution in [3.8, 4) is 0 Å². The summed E-state index contributed by atoms with van der Waals surface area (Å²) < 4.78 is 0. The van der Waals surface area contributed by atoms with Gasteiger partial charge in [-0.2, -0.15) is 0 Å². The van der Waals surface area contributed by atoms with E-state index in [-0.39, 0.29) is 11.9 Å². The second-order valence-electron chi connectivity index (χ2n) is 4.20. The van der Waals surface area contributed by atoms with Crippen LogP contribution < -0.4 is 11.1 Å². The Balaban J connectivity index is 2.37. The number of carbonyl (C=O) groups is 1. The van der Waals surface area contributed by atoms with E-state index in [2.05, 4.69) is 17.1 Å². The van der Waals surface area contributed by atoms with Gasteiger partial charge in [0.15, 0.2) is 0 Å². The highest BCUT2D eigenvalue weighted by Gasteiger charge is 2.24. The van der Waals surface area contributed by atoms with Crippen molar-refractivity contribution in [1.82, 2.24) is 10.2 Å². The predicted octanol–water partition coefficient (Wildman–Crippen LogP) is 0.326. The van der Waals surface area contributed by atoms with E-state index in [1.165, 1.54) is 12.8 Å². The van der Waals surface area contributed by atoms with Crippen LogP contribution in [0.2, 0.25) is 0 Å². The third-order valence-corrected chi connectivity index (χ3v) is 3.00. The average molecular weight is 213 g/mol. The minimum atomic E-state index is -0.159. The summed E-state index contributed by atoms with van der Waals surface area (Å²) in [7, 11) is 0. The van der Waals surface area contributed by atoms with Crippen molar-refractivity contribution in [2.75, 3.05) is 26.2 Å². The van der Waals surface area contributed by atoms with Gasteiger partial charge in [-0.1, -0.05) is 26.2 Å². The van der Waals surface area contributed by atoms with Crippen LogP contribution in [0, 0.1) is 0 Å². The number of amides is 1. The van der Waals surface area contributed by atoms with Crippen LogP contribution >= 0.6 is 0 Å². The van der Waals surface area contributed by atoms with Gasteiger partial charge >= 0.3 is 0 Å². The highest BCUT2D eigenvalue weighted by Crippen LogP contribution is 2.10. The van der Waals surface area contributed by atoms with Gasteiger partial charge in [0.05, 0.1) is 6.04 Å². The van der Waals surface area contributed by atoms with Gasteiger partial charge in [-0.05, 0) is 6.42 Å². The first-order valence-electron chi connectivity index (χ1n) is 5.99. The molecule has 0 aromatic heterocycles. The maximum atomic E-state index is 11.4. The largest absolute Gasteiger partial charge is 0.368 e. The van der Waals surface area contributed by atoms with Gasteiger partial charge in [-0.15, -0.1) is 0 Å². The standard InChI is InChI=1S/C11H23N3O/c1-2-3-4-5-10(11(12)15)14-8-6-13-7-9-14/h10,13H,2-9H2,1H3,(H2,12,15). The number of hydrogen-bond donors (Lipinski definition) is 2. The molecular formula is C11H23N3O. The predicted molar refractivity (Wildman–Crippen MR) is 61.6 cm³/mol. The third-order valence-electron chi connectivity index (χ3n) is 3.00. The Morgan fingerprint density at radius 2 is 2.07 bits per heavy atom. The molecule has 0 aliphatic carbocycles. The molecule has 1 aliphatic heterocycles. The van der Waals surface area contributed by atoms with Crippen LogP contribution in [0.15, 0.2) is 0 Å². The lowest BCUT2D eigenvalue weighted by atomic mass is 10.1. The fourth-order valence-corrected chi connectivity index (χ4v) is 2.09. The van der Waals surface area contributed by atoms with Crippen LogP contribution in [0.5, 0.6) is 0 Å². The van der Waals surface area contributed by atoms with Gasteiger partial charge in [-0.3, -0.25) is 9.69 Å². The molecule has 0 aromatic rings. The van der Waals surface area contributed by atoms with Crippen LogP contribution in [0.3, 0.4) is 0 Å². The summed E-state index contributed by atoms with van der Waals surface area (Å²) in [5, 5.41) is 3.28. The number of rotatable bonds is 6. The quantitative estimate of drug-likeness (QED) is 0.625. The summed E-state index contributed by atoms with van der Waals surface area (Å²) in [6, 6.07) is -0.0429. The Kier molecular flexibility index (Phi) is 5.65. The van der Waals surface area contributed by atoms with E-state index in [4.69, 9.17) is 5.73 Å². The average Bonchev–Trinajstić information content (AvgIpc) is 2.25. The summed E-state index contributed by atoms with van der Waals surface area (Å²) in [6.45, 7) is 6.00. The first kappa shape index (κ1) is 12.5. The number of nitrogens with zero attached hydrogens (tertiary/aromatic N) is 1. The van der Waals surface area contributed by atoms with Gasteiger partial charge in [-0.25, -0.2) is 0 Å². The molecule has 0 saturated carbocycles. The molecule has 0 spiro atoms. The normalized spacial score (nSPS) is 20.1. The third kappa shape index (κ3) is 4.18. The molecule has 1 unspecified atom stereocenters. The first-order valence-corrected chi connectivity index (χ1v) is 5.99. The van der Waals surface area contributed by atoms with Gasteiger partial charge in [0.25, 0.3) is 0 Å². The fourth-order valence-electron chi connectivity index (χ4n) is 2.09. The molecule has 0 bridgehead atoms. The Morgan fingerprint density at radius 1 is 1.40 bits per heavy atom. The molecule has 3 N–H and O–H groups in total. The number of primary amides is 1. The number of piperazine rings is 1. The zero-order valence-corrected chi connectivity index (χ0v) is 9.67. The number of unbranched alkanes of at least 4 members (excludes halogenated alkanes) is 2. The lowest BCUT2D eigenvalue weighted by Crippen LogP contribution is -2.52. The molecule has 15 heavy (non-hydrogen) atoms. The first-order chi connectivity index (χ1) is 7.25. The molecular weight excluding hydrogens is 190 g/mol. The molecule has 4 heteroatoms. The van der Waals surface area contributed by atoms with Gasteiger partial charge in [0.1, 0.15) is 0 Å². The van der Waals surface area contributed by atoms with Gasteiger partial charge in [0.2, 0.25) is 5.91 Å². The zero-order chi connectivity index (χ0) is 11.1. The number of carbonyl (C=O) groups excluding carboxylic acids is 1. The van der Waals surface area contributed by atoms with Crippen molar-refractivity contribution in [2.24, 2.45) is 5.73 Å². The van der Waals surface area contributed by atoms with Crippen molar-refractivity contribution in [3.63, 3.8) is 0 Å². The summed E-state index contributed by atoms with van der Waals surface area (Å²) in [6.07, 6.45) is 4.40. The van der Waals surface area contributed by atoms with E-state index in [1.54, 1.807) is 0 Å². The van der Waals surface area contributed by atoms with Crippen molar-refractivity contribution < 1.29 is 4.79 Å². The topological polar surface area (TPSA) is 58.4 Å². The van der Waals surface area contributed by atoms with Crippen LogP contribution in [0.1, 0.15) is 32.6 Å². The molecule has 1 aliphatic rings. The van der Waals surface area contributed by atoms with Gasteiger partial charge in [0, 0.05) is 26.2 Å². The van der Waals surface area contributed by atoms with Crippen molar-refractivity contribution in [1.29, 1.82) is 0 Å². The highest BCUT2D eigenvalue weighted by atomic mass is 16.1. The minimum absolute atomic E-state index is 0.0429. The molecule has 1 heterocycles. The molecule has 4 nitrogen and oxygen atoms in total. The second kappa shape index (κ2) is 6.80. The second-order valence-corrected chi connectivity index (χ2v) is 4.20. The van der Waals surface area contributed by atoms with E-state index < -0.39 is 0 Å². The molecule has 88 valence electrons. The summed E-state index contributed by atoms with van der Waals surface area (Å²) in [5.74, 6) is -0.159. The Hall–Kier alpha value is -0.610. The maximum absolute atomic E-state index is 11.4. The number of nitrogens with one attached hydrogen (secondary N) is 1. The number of hydrogen-bond acceptors (Lipinski definition) is 3. The molecule has 1 atom stereocenters. The van der Waals surface area contributed by atoms with E-state index in [9.17, 15) is 4.79 Å². The molecule has 1 saturated heterocycles. The minimum Gasteiger partial charge on any atom is -0.368 e. The SMILES string of the molecule is CCCCCC(C(N)=O)N1CCNCC1. The Bertz CT molecular complexity index is 190. The summed E-state index contributed by atoms with van der Waals surface area (Å²) in [5.41, 5.74) is 5.45. The molecule has 1 rings (SSSR count). The fraction of sp³-hybridized carbons (Fsp3) is 0.909.